The third kappa shape index (κ3) is 3.07. The van der Waals surface area contributed by atoms with Gasteiger partial charge in [-0.05, 0) is 20.8 Å². The van der Waals surface area contributed by atoms with Gasteiger partial charge in [-0.25, -0.2) is 14.0 Å². The topological polar surface area (TPSA) is 64.6 Å². The summed E-state index contributed by atoms with van der Waals surface area (Å²) in [5.74, 6) is -0.684. The SMILES string of the molecule is CC(C)(C)OC(=O)C1NC(=O)OC1CF. The zero-order chi connectivity index (χ0) is 11.6. The van der Waals surface area contributed by atoms with Crippen LogP contribution in [-0.4, -0.2) is 36.5 Å². The fraction of sp³-hybridized carbons (Fsp3) is 0.778. The number of alkyl halides is 1. The van der Waals surface area contributed by atoms with E-state index in [-0.39, 0.29) is 0 Å². The molecule has 86 valence electrons. The van der Waals surface area contributed by atoms with Crippen molar-refractivity contribution >= 4 is 12.1 Å². The van der Waals surface area contributed by atoms with E-state index in [1.165, 1.54) is 0 Å². The number of ether oxygens (including phenoxy) is 2. The quantitative estimate of drug-likeness (QED) is 0.697. The molecule has 0 aromatic carbocycles. The molecule has 1 aliphatic heterocycles. The summed E-state index contributed by atoms with van der Waals surface area (Å²) in [6.45, 7) is 4.15. The molecule has 2 atom stereocenters. The van der Waals surface area contributed by atoms with Crippen LogP contribution in [0.4, 0.5) is 9.18 Å². The van der Waals surface area contributed by atoms with Crippen molar-refractivity contribution in [2.24, 2.45) is 0 Å². The predicted octanol–water partition coefficient (Wildman–Crippen LogP) is 0.775. The Morgan fingerprint density at radius 3 is 2.67 bits per heavy atom. The Morgan fingerprint density at radius 2 is 2.20 bits per heavy atom. The van der Waals surface area contributed by atoms with Gasteiger partial charge in [0.25, 0.3) is 0 Å². The van der Waals surface area contributed by atoms with E-state index >= 15 is 0 Å². The van der Waals surface area contributed by atoms with Crippen molar-refractivity contribution in [3.8, 4) is 0 Å². The first-order chi connectivity index (χ1) is 6.83. The van der Waals surface area contributed by atoms with E-state index < -0.39 is 36.5 Å². The Kier molecular flexibility index (Phi) is 3.16. The molecule has 0 saturated carbocycles. The van der Waals surface area contributed by atoms with Crippen molar-refractivity contribution in [1.82, 2.24) is 5.32 Å². The minimum atomic E-state index is -1.09. The van der Waals surface area contributed by atoms with Crippen molar-refractivity contribution < 1.29 is 23.5 Å². The van der Waals surface area contributed by atoms with Crippen LogP contribution >= 0.6 is 0 Å². The van der Waals surface area contributed by atoms with Gasteiger partial charge in [-0.3, -0.25) is 0 Å². The zero-order valence-electron chi connectivity index (χ0n) is 8.87. The summed E-state index contributed by atoms with van der Waals surface area (Å²) in [5, 5.41) is 2.20. The maximum Gasteiger partial charge on any atom is 0.408 e. The monoisotopic (exact) mass is 219 g/mol. The predicted molar refractivity (Wildman–Crippen MR) is 49.0 cm³/mol. The third-order valence-corrected chi connectivity index (χ3v) is 1.72. The van der Waals surface area contributed by atoms with E-state index in [1.807, 2.05) is 0 Å². The fourth-order valence-electron chi connectivity index (χ4n) is 1.16. The van der Waals surface area contributed by atoms with Gasteiger partial charge in [-0.1, -0.05) is 0 Å². The second kappa shape index (κ2) is 4.04. The number of carbonyl (C=O) groups excluding carboxylic acids is 2. The van der Waals surface area contributed by atoms with E-state index in [0.717, 1.165) is 0 Å². The van der Waals surface area contributed by atoms with Crippen molar-refractivity contribution in [3.05, 3.63) is 0 Å². The second-order valence-electron chi connectivity index (χ2n) is 4.25. The zero-order valence-corrected chi connectivity index (χ0v) is 8.87. The van der Waals surface area contributed by atoms with Crippen LogP contribution in [0.5, 0.6) is 0 Å². The molecule has 5 nitrogen and oxygen atoms in total. The van der Waals surface area contributed by atoms with Gasteiger partial charge in [-0.2, -0.15) is 0 Å². The minimum Gasteiger partial charge on any atom is -0.458 e. The van der Waals surface area contributed by atoms with Crippen LogP contribution in [0.25, 0.3) is 0 Å². The molecule has 1 rings (SSSR count). The normalized spacial score (nSPS) is 25.7. The van der Waals surface area contributed by atoms with Crippen molar-refractivity contribution in [2.45, 2.75) is 38.5 Å². The number of hydrogen-bond donors (Lipinski definition) is 1. The number of cyclic esters (lactones) is 1. The number of halogens is 1. The average molecular weight is 219 g/mol. The van der Waals surface area contributed by atoms with Gasteiger partial charge in [0.2, 0.25) is 0 Å². The van der Waals surface area contributed by atoms with E-state index in [1.54, 1.807) is 20.8 Å². The van der Waals surface area contributed by atoms with Gasteiger partial charge in [0.05, 0.1) is 0 Å². The Labute approximate surface area is 86.9 Å². The number of rotatable bonds is 2. The van der Waals surface area contributed by atoms with Crippen LogP contribution in [0.2, 0.25) is 0 Å². The summed E-state index contributed by atoms with van der Waals surface area (Å²) in [7, 11) is 0. The summed E-state index contributed by atoms with van der Waals surface area (Å²) in [6, 6.07) is -1.05. The first kappa shape index (κ1) is 11.7. The lowest BCUT2D eigenvalue weighted by atomic mass is 10.1. The van der Waals surface area contributed by atoms with Crippen LogP contribution < -0.4 is 5.32 Å². The molecule has 15 heavy (non-hydrogen) atoms. The lowest BCUT2D eigenvalue weighted by molar-refractivity contribution is -0.158. The van der Waals surface area contributed by atoms with Crippen LogP contribution in [0.15, 0.2) is 0 Å². The van der Waals surface area contributed by atoms with Gasteiger partial charge < -0.3 is 14.8 Å². The number of carbonyl (C=O) groups is 2. The van der Waals surface area contributed by atoms with Gasteiger partial charge >= 0.3 is 12.1 Å². The highest BCUT2D eigenvalue weighted by Crippen LogP contribution is 2.15. The number of alkyl carbamates (subject to hydrolysis) is 1. The minimum absolute atomic E-state index is 0.675. The third-order valence-electron chi connectivity index (χ3n) is 1.72. The molecule has 2 unspecified atom stereocenters. The highest BCUT2D eigenvalue weighted by atomic mass is 19.1. The number of amides is 1. The molecule has 6 heteroatoms. The van der Waals surface area contributed by atoms with Crippen LogP contribution in [0, 0.1) is 0 Å². The molecule has 1 aliphatic rings. The van der Waals surface area contributed by atoms with E-state index in [0.29, 0.717) is 0 Å². The second-order valence-corrected chi connectivity index (χ2v) is 4.25. The summed E-state index contributed by atoms with van der Waals surface area (Å²) in [6.07, 6.45) is -1.89. The molecule has 0 aromatic heterocycles. The molecule has 0 aliphatic carbocycles. The maximum absolute atomic E-state index is 12.4. The summed E-state index contributed by atoms with van der Waals surface area (Å²) in [4.78, 5) is 22.3. The van der Waals surface area contributed by atoms with Gasteiger partial charge in [0.15, 0.2) is 12.1 Å². The molecular weight excluding hydrogens is 205 g/mol. The van der Waals surface area contributed by atoms with E-state index in [9.17, 15) is 14.0 Å². The van der Waals surface area contributed by atoms with Crippen molar-refractivity contribution in [3.63, 3.8) is 0 Å². The van der Waals surface area contributed by atoms with E-state index in [2.05, 4.69) is 10.1 Å². The Bertz CT molecular complexity index is 274. The molecule has 1 saturated heterocycles. The van der Waals surface area contributed by atoms with Gasteiger partial charge in [0.1, 0.15) is 12.3 Å². The molecule has 0 spiro atoms. The Hall–Kier alpha value is -1.33. The first-order valence-corrected chi connectivity index (χ1v) is 4.59. The van der Waals surface area contributed by atoms with E-state index in [4.69, 9.17) is 4.74 Å². The Morgan fingerprint density at radius 1 is 1.60 bits per heavy atom. The fourth-order valence-corrected chi connectivity index (χ4v) is 1.16. The first-order valence-electron chi connectivity index (χ1n) is 4.59. The smallest absolute Gasteiger partial charge is 0.408 e. The summed E-state index contributed by atoms with van der Waals surface area (Å²) < 4.78 is 21.9. The molecule has 0 bridgehead atoms. The summed E-state index contributed by atoms with van der Waals surface area (Å²) >= 11 is 0. The van der Waals surface area contributed by atoms with Gasteiger partial charge in [-0.15, -0.1) is 0 Å². The lowest BCUT2D eigenvalue weighted by Gasteiger charge is -2.22. The molecule has 0 aromatic rings. The highest BCUT2D eigenvalue weighted by Gasteiger charge is 2.41. The summed E-state index contributed by atoms with van der Waals surface area (Å²) in [5.41, 5.74) is -0.675. The highest BCUT2D eigenvalue weighted by molar-refractivity contribution is 5.85. The maximum atomic E-state index is 12.4. The van der Waals surface area contributed by atoms with Crippen molar-refractivity contribution in [2.75, 3.05) is 6.67 Å². The molecular formula is C9H14FNO4. The molecule has 1 fully saturated rings. The standard InChI is InChI=1S/C9H14FNO4/c1-9(2,3)15-7(12)6-5(4-10)14-8(13)11-6/h5-6H,4H2,1-3H3,(H,11,13). The van der Waals surface area contributed by atoms with Crippen LogP contribution in [0.1, 0.15) is 20.8 Å². The molecule has 1 amide bonds. The Balaban J connectivity index is 2.63. The van der Waals surface area contributed by atoms with Crippen LogP contribution in [-0.2, 0) is 14.3 Å². The van der Waals surface area contributed by atoms with Crippen molar-refractivity contribution in [1.29, 1.82) is 0 Å². The molecule has 1 N–H and O–H groups in total. The molecule has 0 radical (unpaired) electrons. The van der Waals surface area contributed by atoms with Crippen LogP contribution in [0.3, 0.4) is 0 Å². The average Bonchev–Trinajstić information content (AvgIpc) is 2.43. The number of hydrogen-bond acceptors (Lipinski definition) is 4. The lowest BCUT2D eigenvalue weighted by Crippen LogP contribution is -2.44. The van der Waals surface area contributed by atoms with Gasteiger partial charge in [0, 0.05) is 0 Å². The number of esters is 1. The number of nitrogens with one attached hydrogen (secondary N) is 1. The molecule has 1 heterocycles. The largest absolute Gasteiger partial charge is 0.458 e.